The van der Waals surface area contributed by atoms with Gasteiger partial charge in [-0.2, -0.15) is 0 Å². The predicted octanol–water partition coefficient (Wildman–Crippen LogP) is 4.05. The molecular weight excluding hydrogens is 543 g/mol. The van der Waals surface area contributed by atoms with Gasteiger partial charge in [-0.1, -0.05) is 23.7 Å². The maximum absolute atomic E-state index is 12.4. The molecule has 0 unspecified atom stereocenters. The number of nitrogens with two attached hydrogens (primary N) is 1. The summed E-state index contributed by atoms with van der Waals surface area (Å²) < 4.78 is 12.1. The first kappa shape index (κ1) is 22.4. The second kappa shape index (κ2) is 9.71. The maximum Gasteiger partial charge on any atom is 0.294 e. The van der Waals surface area contributed by atoms with Gasteiger partial charge in [-0.05, 0) is 75.8 Å². The molecule has 10 heteroatoms. The second-order valence-electron chi connectivity index (χ2n) is 6.18. The third kappa shape index (κ3) is 5.27. The molecule has 1 heterocycles. The maximum atomic E-state index is 12.4. The Bertz CT molecular complexity index is 1040. The number of methoxy groups -OCH3 is 1. The molecule has 0 atom stereocenters. The molecule has 30 heavy (non-hydrogen) atoms. The van der Waals surface area contributed by atoms with Gasteiger partial charge in [-0.15, -0.1) is 0 Å². The van der Waals surface area contributed by atoms with Crippen LogP contribution < -0.4 is 15.2 Å². The van der Waals surface area contributed by atoms with E-state index in [-0.39, 0.29) is 4.91 Å². The normalized spacial score (nSPS) is 15.0. The van der Waals surface area contributed by atoms with Crippen LogP contribution in [0.2, 0.25) is 5.02 Å². The summed E-state index contributed by atoms with van der Waals surface area (Å²) in [5, 5.41) is 0.116. The number of hydrogen-bond acceptors (Lipinski definition) is 6. The first-order chi connectivity index (χ1) is 14.3. The predicted molar refractivity (Wildman–Crippen MR) is 123 cm³/mol. The minimum Gasteiger partial charge on any atom is -0.493 e. The van der Waals surface area contributed by atoms with Crippen LogP contribution in [0, 0.1) is 3.57 Å². The summed E-state index contributed by atoms with van der Waals surface area (Å²) in [6.07, 6.45) is 1.57. The van der Waals surface area contributed by atoms with Gasteiger partial charge in [0.05, 0.1) is 15.6 Å². The minimum absolute atomic E-state index is 0.203. The lowest BCUT2D eigenvalue weighted by atomic mass is 10.1. The standard InChI is InChI=1S/C20H16ClIN2O5S/c1-28-15-7-12(8-16-19(26)24(9-17(23)25)20(27)30-16)6-14(22)18(15)29-10-11-2-4-13(21)5-3-11/h2-8H,9-10H2,1H3,(H2,23,25)/b16-8-. The molecule has 0 spiro atoms. The zero-order valence-electron chi connectivity index (χ0n) is 15.7. The van der Waals surface area contributed by atoms with Gasteiger partial charge in [0.15, 0.2) is 11.5 Å². The van der Waals surface area contributed by atoms with Gasteiger partial charge in [0, 0.05) is 5.02 Å². The molecule has 1 aliphatic rings. The molecule has 3 rings (SSSR count). The van der Waals surface area contributed by atoms with Crippen LogP contribution in [0.3, 0.4) is 0 Å². The monoisotopic (exact) mass is 558 g/mol. The Morgan fingerprint density at radius 2 is 1.97 bits per heavy atom. The van der Waals surface area contributed by atoms with Crippen molar-refractivity contribution in [1.29, 1.82) is 0 Å². The molecule has 0 aliphatic carbocycles. The van der Waals surface area contributed by atoms with Crippen LogP contribution in [0.4, 0.5) is 4.79 Å². The van der Waals surface area contributed by atoms with Crippen LogP contribution in [0.15, 0.2) is 41.3 Å². The smallest absolute Gasteiger partial charge is 0.294 e. The lowest BCUT2D eigenvalue weighted by molar-refractivity contribution is -0.127. The summed E-state index contributed by atoms with van der Waals surface area (Å²) in [6.45, 7) is -0.116. The van der Waals surface area contributed by atoms with Crippen LogP contribution in [-0.2, 0) is 16.2 Å². The Labute approximate surface area is 195 Å². The van der Waals surface area contributed by atoms with E-state index >= 15 is 0 Å². The Balaban J connectivity index is 1.82. The van der Waals surface area contributed by atoms with E-state index in [9.17, 15) is 14.4 Å². The van der Waals surface area contributed by atoms with Crippen molar-refractivity contribution in [3.8, 4) is 11.5 Å². The van der Waals surface area contributed by atoms with Crippen molar-refractivity contribution in [1.82, 2.24) is 4.90 Å². The van der Waals surface area contributed by atoms with Crippen molar-refractivity contribution in [2.24, 2.45) is 5.73 Å². The van der Waals surface area contributed by atoms with E-state index in [2.05, 4.69) is 22.6 Å². The third-order valence-corrected chi connectivity index (χ3v) is 5.99. The lowest BCUT2D eigenvalue weighted by Gasteiger charge is -2.14. The molecule has 0 aromatic heterocycles. The van der Waals surface area contributed by atoms with Gasteiger partial charge in [0.1, 0.15) is 13.2 Å². The topological polar surface area (TPSA) is 98.9 Å². The number of primary amides is 1. The Kier molecular flexibility index (Phi) is 7.27. The molecule has 0 bridgehead atoms. The van der Waals surface area contributed by atoms with Crippen molar-refractivity contribution in [2.45, 2.75) is 6.61 Å². The molecular formula is C20H16ClIN2O5S. The second-order valence-corrected chi connectivity index (χ2v) is 8.78. The molecule has 1 fully saturated rings. The zero-order valence-corrected chi connectivity index (χ0v) is 19.4. The number of amides is 3. The van der Waals surface area contributed by atoms with Crippen LogP contribution in [0.25, 0.3) is 6.08 Å². The lowest BCUT2D eigenvalue weighted by Crippen LogP contribution is -2.36. The average molecular weight is 559 g/mol. The summed E-state index contributed by atoms with van der Waals surface area (Å²) in [6, 6.07) is 10.8. The molecule has 1 aliphatic heterocycles. The number of halogens is 2. The average Bonchev–Trinajstić information content (AvgIpc) is 2.95. The third-order valence-electron chi connectivity index (χ3n) is 4.03. The van der Waals surface area contributed by atoms with Crippen molar-refractivity contribution >= 4 is 69.1 Å². The van der Waals surface area contributed by atoms with Crippen LogP contribution >= 0.6 is 46.0 Å². The first-order valence-electron chi connectivity index (χ1n) is 8.57. The molecule has 1 saturated heterocycles. The molecule has 2 aromatic rings. The van der Waals surface area contributed by atoms with E-state index in [4.69, 9.17) is 26.8 Å². The van der Waals surface area contributed by atoms with Gasteiger partial charge < -0.3 is 15.2 Å². The molecule has 156 valence electrons. The Morgan fingerprint density at radius 3 is 2.60 bits per heavy atom. The number of hydrogen-bond donors (Lipinski definition) is 1. The number of thioether (sulfide) groups is 1. The minimum atomic E-state index is -0.753. The highest BCUT2D eigenvalue weighted by atomic mass is 127. The molecule has 7 nitrogen and oxygen atoms in total. The number of imide groups is 1. The summed E-state index contributed by atoms with van der Waals surface area (Å²) >= 11 is 8.77. The van der Waals surface area contributed by atoms with Gasteiger partial charge in [0.25, 0.3) is 11.1 Å². The van der Waals surface area contributed by atoms with Gasteiger partial charge in [0.2, 0.25) is 5.91 Å². The molecule has 2 N–H and O–H groups in total. The zero-order chi connectivity index (χ0) is 21.8. The van der Waals surface area contributed by atoms with Crippen molar-refractivity contribution in [2.75, 3.05) is 13.7 Å². The van der Waals surface area contributed by atoms with E-state index < -0.39 is 23.6 Å². The van der Waals surface area contributed by atoms with Crippen LogP contribution in [0.1, 0.15) is 11.1 Å². The molecule has 0 radical (unpaired) electrons. The highest BCUT2D eigenvalue weighted by Crippen LogP contribution is 2.37. The first-order valence-corrected chi connectivity index (χ1v) is 10.8. The molecule has 0 saturated carbocycles. The number of nitrogens with zero attached hydrogens (tertiary/aromatic N) is 1. The van der Waals surface area contributed by atoms with Crippen molar-refractivity contribution in [3.05, 3.63) is 61.0 Å². The van der Waals surface area contributed by atoms with E-state index in [0.29, 0.717) is 28.7 Å². The number of ether oxygens (including phenoxy) is 2. The quantitative estimate of drug-likeness (QED) is 0.407. The molecule has 3 amide bonds. The molecule has 2 aromatic carbocycles. The van der Waals surface area contributed by atoms with E-state index in [1.54, 1.807) is 24.3 Å². The van der Waals surface area contributed by atoms with Crippen LogP contribution in [0.5, 0.6) is 11.5 Å². The van der Waals surface area contributed by atoms with Crippen molar-refractivity contribution < 1.29 is 23.9 Å². The van der Waals surface area contributed by atoms with E-state index in [1.807, 2.05) is 18.2 Å². The largest absolute Gasteiger partial charge is 0.493 e. The Morgan fingerprint density at radius 1 is 1.27 bits per heavy atom. The fourth-order valence-corrected chi connectivity index (χ4v) is 4.39. The summed E-state index contributed by atoms with van der Waals surface area (Å²) in [5.41, 5.74) is 6.70. The van der Waals surface area contributed by atoms with Gasteiger partial charge in [-0.3, -0.25) is 19.3 Å². The summed E-state index contributed by atoms with van der Waals surface area (Å²) in [7, 11) is 1.52. The van der Waals surface area contributed by atoms with Gasteiger partial charge >= 0.3 is 0 Å². The highest BCUT2D eigenvalue weighted by Gasteiger charge is 2.35. The highest BCUT2D eigenvalue weighted by molar-refractivity contribution is 14.1. The van der Waals surface area contributed by atoms with Gasteiger partial charge in [-0.25, -0.2) is 0 Å². The SMILES string of the molecule is COc1cc(/C=C2\SC(=O)N(CC(N)=O)C2=O)cc(I)c1OCc1ccc(Cl)cc1. The summed E-state index contributed by atoms with van der Waals surface area (Å²) in [4.78, 5) is 36.5. The summed E-state index contributed by atoms with van der Waals surface area (Å²) in [5.74, 6) is -0.261. The van der Waals surface area contributed by atoms with Crippen molar-refractivity contribution in [3.63, 3.8) is 0 Å². The Hall–Kier alpha value is -2.24. The fourth-order valence-electron chi connectivity index (χ4n) is 2.64. The number of rotatable bonds is 7. The van der Waals surface area contributed by atoms with E-state index in [1.165, 1.54) is 7.11 Å². The number of carbonyl (C=O) groups is 3. The van der Waals surface area contributed by atoms with E-state index in [0.717, 1.165) is 25.8 Å². The number of benzene rings is 2. The van der Waals surface area contributed by atoms with Crippen LogP contribution in [-0.4, -0.2) is 35.6 Å². The fraction of sp³-hybridized carbons (Fsp3) is 0.150. The number of carbonyl (C=O) groups excluding carboxylic acids is 3.